The van der Waals surface area contributed by atoms with Gasteiger partial charge in [-0.15, -0.1) is 0 Å². The monoisotopic (exact) mass is 438 g/mol. The first-order chi connectivity index (χ1) is 15.0. The number of hydrogen-bond donors (Lipinski definition) is 1. The Kier molecular flexibility index (Phi) is 5.09. The van der Waals surface area contributed by atoms with Crippen molar-refractivity contribution in [2.24, 2.45) is 11.8 Å². The summed E-state index contributed by atoms with van der Waals surface area (Å²) < 4.78 is 6.92. The van der Waals surface area contributed by atoms with Gasteiger partial charge in [-0.2, -0.15) is 0 Å². The fourth-order valence-corrected chi connectivity index (χ4v) is 4.64. The Bertz CT molecular complexity index is 1300. The lowest BCUT2D eigenvalue weighted by atomic mass is 9.83. The molecule has 4 heterocycles. The molecule has 0 spiro atoms. The van der Waals surface area contributed by atoms with Crippen LogP contribution in [0.15, 0.2) is 34.0 Å². The van der Waals surface area contributed by atoms with Gasteiger partial charge in [0.05, 0.1) is 16.1 Å². The third kappa shape index (κ3) is 3.87. The van der Waals surface area contributed by atoms with Gasteiger partial charge in [-0.05, 0) is 43.2 Å². The van der Waals surface area contributed by atoms with Gasteiger partial charge in [-0.25, -0.2) is 14.8 Å². The highest BCUT2D eigenvalue weighted by Gasteiger charge is 2.23. The molecule has 0 amide bonds. The molecule has 1 aliphatic rings. The maximum absolute atomic E-state index is 11.5. The number of rotatable bonds is 4. The van der Waals surface area contributed by atoms with E-state index in [4.69, 9.17) is 21.6 Å². The van der Waals surface area contributed by atoms with Gasteiger partial charge < -0.3 is 4.57 Å². The standard InChI is InChI=1S/C22H23ClN6O2/c1-12-3-5-14(6-4-12)11-29-10-13(2)17-19(29)18(15-7-16(23)9-24-8-15)26-20(25-17)21-27-22(30)31-28-21/h7-10,12,14H,3-6,11H2,1-2H3,(H,27,28,30)/t12-,14-. The van der Waals surface area contributed by atoms with Crippen LogP contribution in [0.2, 0.25) is 5.02 Å². The summed E-state index contributed by atoms with van der Waals surface area (Å²) >= 11 is 6.23. The summed E-state index contributed by atoms with van der Waals surface area (Å²) in [4.78, 5) is 27.7. The quantitative estimate of drug-likeness (QED) is 0.498. The average Bonchev–Trinajstić information content (AvgIpc) is 3.32. The van der Waals surface area contributed by atoms with Gasteiger partial charge in [0.2, 0.25) is 11.6 Å². The minimum Gasteiger partial charge on any atom is -0.344 e. The first kappa shape index (κ1) is 19.9. The van der Waals surface area contributed by atoms with Crippen LogP contribution in [0.25, 0.3) is 33.9 Å². The second-order valence-electron chi connectivity index (χ2n) is 8.52. The van der Waals surface area contributed by atoms with E-state index in [-0.39, 0.29) is 5.82 Å². The van der Waals surface area contributed by atoms with Crippen molar-refractivity contribution in [3.8, 4) is 22.9 Å². The van der Waals surface area contributed by atoms with Crippen LogP contribution in [0.5, 0.6) is 0 Å². The van der Waals surface area contributed by atoms with Crippen LogP contribution in [0.1, 0.15) is 38.2 Å². The molecule has 9 heteroatoms. The number of hydrogen-bond acceptors (Lipinski definition) is 6. The Morgan fingerprint density at radius 1 is 1.23 bits per heavy atom. The fraction of sp³-hybridized carbons (Fsp3) is 0.409. The predicted octanol–water partition coefficient (Wildman–Crippen LogP) is 4.62. The van der Waals surface area contributed by atoms with Crippen LogP contribution >= 0.6 is 11.6 Å². The van der Waals surface area contributed by atoms with Gasteiger partial charge in [0.1, 0.15) is 5.69 Å². The first-order valence-electron chi connectivity index (χ1n) is 10.5. The van der Waals surface area contributed by atoms with Crippen molar-refractivity contribution in [1.82, 2.24) is 29.7 Å². The second-order valence-corrected chi connectivity index (χ2v) is 8.96. The summed E-state index contributed by atoms with van der Waals surface area (Å²) in [5.74, 6) is 1.27. The van der Waals surface area contributed by atoms with Crippen LogP contribution < -0.4 is 5.76 Å². The molecule has 1 saturated carbocycles. The number of aromatic nitrogens is 6. The van der Waals surface area contributed by atoms with Crippen molar-refractivity contribution in [2.45, 2.75) is 46.1 Å². The highest BCUT2D eigenvalue weighted by molar-refractivity contribution is 6.30. The van der Waals surface area contributed by atoms with Gasteiger partial charge in [-0.3, -0.25) is 14.5 Å². The van der Waals surface area contributed by atoms with E-state index in [2.05, 4.69) is 37.3 Å². The summed E-state index contributed by atoms with van der Waals surface area (Å²) in [6, 6.07) is 1.83. The predicted molar refractivity (Wildman–Crippen MR) is 118 cm³/mol. The molecule has 8 nitrogen and oxygen atoms in total. The summed E-state index contributed by atoms with van der Waals surface area (Å²) in [6.45, 7) is 5.28. The van der Waals surface area contributed by atoms with Crippen molar-refractivity contribution < 1.29 is 4.52 Å². The number of nitrogens with one attached hydrogen (secondary N) is 1. The molecule has 5 rings (SSSR count). The number of H-pyrrole nitrogens is 1. The van der Waals surface area contributed by atoms with E-state index in [1.807, 2.05) is 13.0 Å². The van der Waals surface area contributed by atoms with E-state index in [1.54, 1.807) is 12.4 Å². The van der Waals surface area contributed by atoms with Crippen molar-refractivity contribution in [2.75, 3.05) is 0 Å². The lowest BCUT2D eigenvalue weighted by Gasteiger charge is -2.26. The largest absolute Gasteiger partial charge is 0.439 e. The van der Waals surface area contributed by atoms with E-state index in [1.165, 1.54) is 25.7 Å². The Morgan fingerprint density at radius 2 is 2.03 bits per heavy atom. The Hall–Kier alpha value is -3.00. The topological polar surface area (TPSA) is 102 Å². The molecule has 0 atom stereocenters. The maximum Gasteiger partial charge on any atom is 0.439 e. The molecule has 4 aromatic rings. The van der Waals surface area contributed by atoms with Gasteiger partial charge in [0.25, 0.3) is 0 Å². The molecule has 0 aliphatic heterocycles. The molecule has 160 valence electrons. The van der Waals surface area contributed by atoms with Gasteiger partial charge in [-0.1, -0.05) is 36.5 Å². The molecule has 0 saturated heterocycles. The third-order valence-electron chi connectivity index (χ3n) is 6.11. The highest BCUT2D eigenvalue weighted by Crippen LogP contribution is 2.35. The van der Waals surface area contributed by atoms with Gasteiger partial charge in [0.15, 0.2) is 0 Å². The van der Waals surface area contributed by atoms with E-state index in [0.717, 1.165) is 34.6 Å². The molecule has 31 heavy (non-hydrogen) atoms. The van der Waals surface area contributed by atoms with Crippen LogP contribution in [-0.4, -0.2) is 29.7 Å². The van der Waals surface area contributed by atoms with E-state index in [0.29, 0.717) is 22.5 Å². The van der Waals surface area contributed by atoms with Crippen LogP contribution in [0.4, 0.5) is 0 Å². The zero-order valence-electron chi connectivity index (χ0n) is 17.4. The SMILES string of the molecule is Cc1cn(C[C@H]2CC[C@H](C)CC2)c2c(-c3cncc(Cl)c3)nc(-c3noc(=O)[nH]3)nc12. The van der Waals surface area contributed by atoms with Crippen molar-refractivity contribution in [1.29, 1.82) is 0 Å². The van der Waals surface area contributed by atoms with E-state index < -0.39 is 5.76 Å². The lowest BCUT2D eigenvalue weighted by Crippen LogP contribution is -2.17. The second kappa shape index (κ2) is 7.92. The number of fused-ring (bicyclic) bond motifs is 1. The fourth-order valence-electron chi connectivity index (χ4n) is 4.47. The molecule has 0 bridgehead atoms. The molecule has 1 N–H and O–H groups in total. The summed E-state index contributed by atoms with van der Waals surface area (Å²) in [7, 11) is 0. The normalized spacial score (nSPS) is 19.2. The minimum absolute atomic E-state index is 0.191. The highest BCUT2D eigenvalue weighted by atomic mass is 35.5. The van der Waals surface area contributed by atoms with Crippen LogP contribution in [-0.2, 0) is 6.54 Å². The van der Waals surface area contributed by atoms with Gasteiger partial charge in [0, 0.05) is 30.7 Å². The Balaban J connectivity index is 1.68. The maximum atomic E-state index is 11.5. The van der Waals surface area contributed by atoms with Crippen LogP contribution in [0.3, 0.4) is 0 Å². The zero-order chi connectivity index (χ0) is 21.5. The molecule has 1 aliphatic carbocycles. The smallest absolute Gasteiger partial charge is 0.344 e. The molecular formula is C22H23ClN6O2. The number of aryl methyl sites for hydroxylation is 1. The summed E-state index contributed by atoms with van der Waals surface area (Å²) in [5.41, 5.74) is 4.27. The minimum atomic E-state index is -0.648. The molecule has 0 aromatic carbocycles. The molecule has 4 aromatic heterocycles. The van der Waals surface area contributed by atoms with E-state index in [9.17, 15) is 4.79 Å². The molecular weight excluding hydrogens is 416 g/mol. The third-order valence-corrected chi connectivity index (χ3v) is 6.32. The number of aromatic amines is 1. The Morgan fingerprint density at radius 3 is 2.74 bits per heavy atom. The van der Waals surface area contributed by atoms with Crippen LogP contribution in [0, 0.1) is 18.8 Å². The van der Waals surface area contributed by atoms with Crippen molar-refractivity contribution in [3.63, 3.8) is 0 Å². The summed E-state index contributed by atoms with van der Waals surface area (Å²) in [6.07, 6.45) is 10.5. The number of pyridine rings is 1. The molecule has 1 fully saturated rings. The molecule has 0 unspecified atom stereocenters. The summed E-state index contributed by atoms with van der Waals surface area (Å²) in [5, 5.41) is 4.29. The first-order valence-corrected chi connectivity index (χ1v) is 10.9. The van der Waals surface area contributed by atoms with Crippen molar-refractivity contribution >= 4 is 22.6 Å². The lowest BCUT2D eigenvalue weighted by molar-refractivity contribution is 0.267. The van der Waals surface area contributed by atoms with Gasteiger partial charge >= 0.3 is 5.76 Å². The number of halogens is 1. The average molecular weight is 439 g/mol. The van der Waals surface area contributed by atoms with Crippen molar-refractivity contribution in [3.05, 3.63) is 45.8 Å². The zero-order valence-corrected chi connectivity index (χ0v) is 18.2. The molecule has 0 radical (unpaired) electrons. The Labute approximate surface area is 183 Å². The van der Waals surface area contributed by atoms with E-state index >= 15 is 0 Å². The number of nitrogens with zero attached hydrogens (tertiary/aromatic N) is 5.